The van der Waals surface area contributed by atoms with Crippen LogP contribution in [-0.4, -0.2) is 91.6 Å². The number of Topliss-reactive ketones (excluding diaryl/α,β-unsaturated/α-hetero) is 1. The topological polar surface area (TPSA) is 160 Å². The zero-order valence-electron chi connectivity index (χ0n) is 25.1. The van der Waals surface area contributed by atoms with Crippen molar-refractivity contribution in [1.82, 2.24) is 16.0 Å². The Kier molecular flexibility index (Phi) is 21.3. The second kappa shape index (κ2) is 22.5. The zero-order valence-corrected chi connectivity index (χ0v) is 25.9. The first-order valence-corrected chi connectivity index (χ1v) is 15.6. The molecule has 0 saturated carbocycles. The molecule has 0 fully saturated rings. The summed E-state index contributed by atoms with van der Waals surface area (Å²) in [6.45, 7) is 10.7. The summed E-state index contributed by atoms with van der Waals surface area (Å²) >= 11 is 1.47. The molecule has 0 spiro atoms. The number of ketones is 1. The van der Waals surface area contributed by atoms with Gasteiger partial charge in [0.1, 0.15) is 6.04 Å². The van der Waals surface area contributed by atoms with Crippen LogP contribution in [0.5, 0.6) is 0 Å². The van der Waals surface area contributed by atoms with Crippen LogP contribution in [0.3, 0.4) is 0 Å². The normalized spacial score (nSPS) is 14.8. The van der Waals surface area contributed by atoms with E-state index < -0.39 is 23.8 Å². The van der Waals surface area contributed by atoms with E-state index in [1.165, 1.54) is 11.8 Å². The van der Waals surface area contributed by atoms with Crippen LogP contribution in [0.15, 0.2) is 0 Å². The molecule has 0 aromatic carbocycles. The molecule has 0 aromatic rings. The molecular weight excluding hydrogens is 538 g/mol. The van der Waals surface area contributed by atoms with Crippen LogP contribution >= 0.6 is 11.8 Å². The van der Waals surface area contributed by atoms with E-state index in [0.717, 1.165) is 6.42 Å². The average Bonchev–Trinajstić information content (AvgIpc) is 2.91. The Bertz CT molecular complexity index is 783. The van der Waals surface area contributed by atoms with Crippen molar-refractivity contribution in [2.75, 3.05) is 45.0 Å². The quantitative estimate of drug-likeness (QED) is 0.124. The third-order valence-corrected chi connectivity index (χ3v) is 7.21. The van der Waals surface area contributed by atoms with Gasteiger partial charge in [-0.2, -0.15) is 11.8 Å². The molecule has 0 aliphatic heterocycles. The summed E-state index contributed by atoms with van der Waals surface area (Å²) in [5, 5.41) is 17.6. The second-order valence-electron chi connectivity index (χ2n) is 10.2. The highest BCUT2D eigenvalue weighted by molar-refractivity contribution is 7.98. The highest BCUT2D eigenvalue weighted by Crippen LogP contribution is 2.15. The number of hydrogen-bond acceptors (Lipinski definition) is 8. The molecule has 40 heavy (non-hydrogen) atoms. The van der Waals surface area contributed by atoms with Crippen molar-refractivity contribution in [2.24, 2.45) is 17.8 Å². The van der Waals surface area contributed by atoms with Gasteiger partial charge in [-0.05, 0) is 38.9 Å². The summed E-state index contributed by atoms with van der Waals surface area (Å²) in [5.41, 5.74) is 0. The summed E-state index contributed by atoms with van der Waals surface area (Å²) in [7, 11) is 0. The van der Waals surface area contributed by atoms with Crippen molar-refractivity contribution in [3.8, 4) is 0 Å². The van der Waals surface area contributed by atoms with Crippen molar-refractivity contribution in [3.05, 3.63) is 0 Å². The van der Waals surface area contributed by atoms with Gasteiger partial charge in [0.2, 0.25) is 17.7 Å². The van der Waals surface area contributed by atoms with E-state index >= 15 is 0 Å². The maximum Gasteiger partial charge on any atom is 0.307 e. The van der Waals surface area contributed by atoms with E-state index in [2.05, 4.69) is 16.0 Å². The number of aliphatic carboxylic acids is 1. The minimum absolute atomic E-state index is 0.0871. The van der Waals surface area contributed by atoms with E-state index in [9.17, 15) is 29.1 Å². The fraction of sp³-hybridized carbons (Fsp3) is 0.821. The minimum atomic E-state index is -0.968. The molecule has 3 amide bonds. The fourth-order valence-corrected chi connectivity index (χ4v) is 4.32. The van der Waals surface area contributed by atoms with Crippen LogP contribution in [0.2, 0.25) is 0 Å². The fourth-order valence-electron chi connectivity index (χ4n) is 3.60. The highest BCUT2D eigenvalue weighted by atomic mass is 32.2. The number of carboxylic acid groups (broad SMARTS) is 1. The minimum Gasteiger partial charge on any atom is -0.481 e. The lowest BCUT2D eigenvalue weighted by Crippen LogP contribution is -2.50. The molecule has 4 N–H and O–H groups in total. The lowest BCUT2D eigenvalue weighted by Gasteiger charge is -2.23. The Hall–Kier alpha value is -2.18. The molecule has 0 bridgehead atoms. The van der Waals surface area contributed by atoms with Crippen LogP contribution in [0, 0.1) is 17.8 Å². The highest BCUT2D eigenvalue weighted by Gasteiger charge is 2.27. The smallest absolute Gasteiger partial charge is 0.307 e. The molecular formula is C28H51N3O8S. The van der Waals surface area contributed by atoms with Crippen molar-refractivity contribution >= 4 is 41.2 Å². The van der Waals surface area contributed by atoms with Crippen LogP contribution in [-0.2, 0) is 33.4 Å². The number of ether oxygens (including phenoxy) is 2. The lowest BCUT2D eigenvalue weighted by atomic mass is 9.97. The molecule has 1 unspecified atom stereocenters. The van der Waals surface area contributed by atoms with E-state index in [-0.39, 0.29) is 61.5 Å². The molecule has 0 rings (SSSR count). The largest absolute Gasteiger partial charge is 0.481 e. The molecule has 0 heterocycles. The van der Waals surface area contributed by atoms with Gasteiger partial charge in [-0.25, -0.2) is 0 Å². The molecule has 0 aliphatic rings. The molecule has 232 valence electrons. The van der Waals surface area contributed by atoms with Gasteiger partial charge in [0.25, 0.3) is 0 Å². The van der Waals surface area contributed by atoms with Gasteiger partial charge in [0.15, 0.2) is 5.78 Å². The first kappa shape index (κ1) is 37.8. The van der Waals surface area contributed by atoms with Gasteiger partial charge in [-0.15, -0.1) is 0 Å². The molecule has 12 heteroatoms. The zero-order chi connectivity index (χ0) is 30.5. The second-order valence-corrected chi connectivity index (χ2v) is 11.1. The van der Waals surface area contributed by atoms with Crippen molar-refractivity contribution in [3.63, 3.8) is 0 Å². The van der Waals surface area contributed by atoms with E-state index in [4.69, 9.17) is 9.47 Å². The average molecular weight is 590 g/mol. The molecule has 5 atom stereocenters. The maximum atomic E-state index is 13.1. The third-order valence-electron chi connectivity index (χ3n) is 6.47. The number of rotatable bonds is 24. The van der Waals surface area contributed by atoms with E-state index in [1.807, 2.05) is 20.1 Å². The van der Waals surface area contributed by atoms with Gasteiger partial charge in [0.05, 0.1) is 25.7 Å². The SMILES string of the molecule is CCCOCCOCCC(=O)NC[C@H](NC(=O)[C@H](C)CC)C(=O)C[C@@H](C)C(=O)N[C@@H](C)CCC(CSC)C(=O)O. The monoisotopic (exact) mass is 589 g/mol. The van der Waals surface area contributed by atoms with Gasteiger partial charge >= 0.3 is 5.97 Å². The third kappa shape index (κ3) is 17.5. The summed E-state index contributed by atoms with van der Waals surface area (Å²) in [5.74, 6) is -3.10. The summed E-state index contributed by atoms with van der Waals surface area (Å²) in [4.78, 5) is 62.0. The maximum absolute atomic E-state index is 13.1. The number of carboxylic acids is 1. The van der Waals surface area contributed by atoms with Crippen LogP contribution in [0.25, 0.3) is 0 Å². The number of nitrogens with one attached hydrogen (secondary N) is 3. The standard InChI is InChI=1S/C28H51N3O8S/c1-7-12-38-14-15-39-13-11-25(33)29-17-23(31-26(34)19(3)8-2)24(32)16-20(4)27(35)30-21(5)9-10-22(18-40-6)28(36)37/h19-23H,7-18H2,1-6H3,(H,29,33)(H,30,35)(H,31,34)(H,36,37)/t19-,20-,21+,22?,23+/m1/s1. The van der Waals surface area contributed by atoms with E-state index in [1.54, 1.807) is 20.8 Å². The molecule has 11 nitrogen and oxygen atoms in total. The van der Waals surface area contributed by atoms with Crippen LogP contribution in [0.4, 0.5) is 0 Å². The number of thioether (sulfide) groups is 1. The Morgan fingerprint density at radius 3 is 2.05 bits per heavy atom. The van der Waals surface area contributed by atoms with Crippen molar-refractivity contribution < 1.29 is 38.6 Å². The lowest BCUT2D eigenvalue weighted by molar-refractivity contribution is -0.141. The first-order valence-electron chi connectivity index (χ1n) is 14.2. The number of carbonyl (C=O) groups excluding carboxylic acids is 4. The van der Waals surface area contributed by atoms with Crippen LogP contribution < -0.4 is 16.0 Å². The molecule has 0 aliphatic carbocycles. The Labute approximate surface area is 243 Å². The Balaban J connectivity index is 4.88. The molecule has 0 radical (unpaired) electrons. The van der Waals surface area contributed by atoms with Crippen molar-refractivity contribution in [1.29, 1.82) is 0 Å². The number of hydrogen-bond donors (Lipinski definition) is 4. The van der Waals surface area contributed by atoms with E-state index in [0.29, 0.717) is 44.8 Å². The molecule has 0 aromatic heterocycles. The van der Waals surface area contributed by atoms with Gasteiger partial charge < -0.3 is 30.5 Å². The summed E-state index contributed by atoms with van der Waals surface area (Å²) in [6.07, 6.45) is 4.28. The Morgan fingerprint density at radius 1 is 0.850 bits per heavy atom. The first-order chi connectivity index (χ1) is 19.0. The summed E-state index contributed by atoms with van der Waals surface area (Å²) in [6, 6.07) is -1.22. The predicted molar refractivity (Wildman–Crippen MR) is 156 cm³/mol. The van der Waals surface area contributed by atoms with Gasteiger partial charge in [0, 0.05) is 49.6 Å². The summed E-state index contributed by atoms with van der Waals surface area (Å²) < 4.78 is 10.7. The van der Waals surface area contributed by atoms with Crippen molar-refractivity contribution in [2.45, 2.75) is 85.2 Å². The van der Waals surface area contributed by atoms with Gasteiger partial charge in [-0.1, -0.05) is 27.7 Å². The number of amides is 3. The van der Waals surface area contributed by atoms with Crippen LogP contribution in [0.1, 0.15) is 73.1 Å². The molecule has 0 saturated heterocycles. The number of carbonyl (C=O) groups is 5. The predicted octanol–water partition coefficient (Wildman–Crippen LogP) is 2.41. The van der Waals surface area contributed by atoms with Gasteiger partial charge in [-0.3, -0.25) is 24.0 Å². The Morgan fingerprint density at radius 2 is 1.48 bits per heavy atom.